The molecular formula is C18H27N2O5S+. The lowest BCUT2D eigenvalue weighted by atomic mass is 10.1. The van der Waals surface area contributed by atoms with Gasteiger partial charge >= 0.3 is 0 Å². The van der Waals surface area contributed by atoms with E-state index in [4.69, 9.17) is 14.2 Å². The van der Waals surface area contributed by atoms with Crippen LogP contribution in [-0.2, 0) is 14.8 Å². The Morgan fingerprint density at radius 1 is 1.04 bits per heavy atom. The summed E-state index contributed by atoms with van der Waals surface area (Å²) < 4.78 is 44.3. The Kier molecular flexibility index (Phi) is 5.35. The Morgan fingerprint density at radius 3 is 2.54 bits per heavy atom. The van der Waals surface area contributed by atoms with Crippen LogP contribution in [0.3, 0.4) is 0 Å². The summed E-state index contributed by atoms with van der Waals surface area (Å²) in [4.78, 5) is 1.71. The summed E-state index contributed by atoms with van der Waals surface area (Å²) in [5, 5.41) is 0. The van der Waals surface area contributed by atoms with Gasteiger partial charge in [-0.3, -0.25) is 0 Å². The fourth-order valence-electron chi connectivity index (χ4n) is 3.87. The van der Waals surface area contributed by atoms with Crippen molar-refractivity contribution in [3.8, 4) is 11.5 Å². The second-order valence-electron chi connectivity index (χ2n) is 7.15. The number of rotatable bonds is 4. The maximum atomic E-state index is 13.0. The van der Waals surface area contributed by atoms with Gasteiger partial charge in [0, 0.05) is 12.7 Å². The molecule has 8 heteroatoms. The van der Waals surface area contributed by atoms with Crippen molar-refractivity contribution in [1.29, 1.82) is 0 Å². The molecule has 2 saturated heterocycles. The third-order valence-electron chi connectivity index (χ3n) is 5.37. The zero-order valence-electron chi connectivity index (χ0n) is 15.0. The summed E-state index contributed by atoms with van der Waals surface area (Å²) in [5.41, 5.74) is 0. The molecule has 4 rings (SSSR count). The fraction of sp³-hybridized carbons (Fsp3) is 0.667. The summed E-state index contributed by atoms with van der Waals surface area (Å²) in [6, 6.07) is 4.88. The number of nitrogens with zero attached hydrogens (tertiary/aromatic N) is 1. The quantitative estimate of drug-likeness (QED) is 0.788. The van der Waals surface area contributed by atoms with Crippen molar-refractivity contribution in [2.75, 3.05) is 52.5 Å². The topological polar surface area (TPSA) is 69.5 Å². The lowest BCUT2D eigenvalue weighted by molar-refractivity contribution is -0.907. The second-order valence-corrected chi connectivity index (χ2v) is 9.09. The van der Waals surface area contributed by atoms with Gasteiger partial charge in [0.25, 0.3) is 0 Å². The number of sulfonamides is 1. The van der Waals surface area contributed by atoms with Gasteiger partial charge in [0.2, 0.25) is 10.0 Å². The van der Waals surface area contributed by atoms with E-state index in [1.165, 1.54) is 11.3 Å². The minimum atomic E-state index is -3.50. The lowest BCUT2D eigenvalue weighted by Gasteiger charge is -2.34. The van der Waals surface area contributed by atoms with Crippen molar-refractivity contribution in [1.82, 2.24) is 4.31 Å². The highest BCUT2D eigenvalue weighted by Crippen LogP contribution is 2.33. The van der Waals surface area contributed by atoms with Crippen LogP contribution in [0.4, 0.5) is 0 Å². The fourth-order valence-corrected chi connectivity index (χ4v) is 5.33. The molecule has 0 radical (unpaired) electrons. The predicted octanol–water partition coefficient (Wildman–Crippen LogP) is -0.0839. The Balaban J connectivity index is 1.38. The first-order valence-electron chi connectivity index (χ1n) is 9.48. The zero-order valence-corrected chi connectivity index (χ0v) is 15.8. The van der Waals surface area contributed by atoms with Crippen LogP contribution in [-0.4, -0.2) is 71.4 Å². The maximum Gasteiger partial charge on any atom is 0.243 e. The molecule has 1 atom stereocenters. The average Bonchev–Trinajstić information content (AvgIpc) is 2.69. The second kappa shape index (κ2) is 7.72. The van der Waals surface area contributed by atoms with E-state index in [9.17, 15) is 8.42 Å². The smallest absolute Gasteiger partial charge is 0.243 e. The Hall–Kier alpha value is -1.35. The van der Waals surface area contributed by atoms with Crippen LogP contribution in [0.2, 0.25) is 0 Å². The van der Waals surface area contributed by atoms with Gasteiger partial charge in [-0.2, -0.15) is 4.31 Å². The molecule has 2 fully saturated rings. The third kappa shape index (κ3) is 3.83. The number of quaternary nitrogens is 1. The van der Waals surface area contributed by atoms with E-state index in [2.05, 4.69) is 0 Å². The molecule has 0 amide bonds. The van der Waals surface area contributed by atoms with Gasteiger partial charge in [-0.15, -0.1) is 0 Å². The van der Waals surface area contributed by atoms with Crippen LogP contribution in [0.25, 0.3) is 0 Å². The first-order chi connectivity index (χ1) is 12.6. The largest absolute Gasteiger partial charge is 0.486 e. The number of nitrogens with one attached hydrogen (secondary N) is 1. The van der Waals surface area contributed by atoms with E-state index in [0.717, 1.165) is 39.1 Å². The van der Waals surface area contributed by atoms with Crippen LogP contribution >= 0.6 is 0 Å². The van der Waals surface area contributed by atoms with Crippen LogP contribution in [0.15, 0.2) is 23.1 Å². The molecule has 0 spiro atoms. The van der Waals surface area contributed by atoms with Gasteiger partial charge in [-0.05, 0) is 31.4 Å². The van der Waals surface area contributed by atoms with E-state index in [0.29, 0.717) is 43.9 Å². The number of benzene rings is 1. The van der Waals surface area contributed by atoms with Crippen molar-refractivity contribution in [3.05, 3.63) is 18.2 Å². The summed E-state index contributed by atoms with van der Waals surface area (Å²) in [5.74, 6) is 1.12. The number of hydrogen-bond acceptors (Lipinski definition) is 5. The van der Waals surface area contributed by atoms with Crippen LogP contribution in [0.1, 0.15) is 19.3 Å². The van der Waals surface area contributed by atoms with Crippen molar-refractivity contribution < 1.29 is 27.5 Å². The van der Waals surface area contributed by atoms with E-state index in [1.54, 1.807) is 22.5 Å². The Morgan fingerprint density at radius 2 is 1.81 bits per heavy atom. The summed E-state index contributed by atoms with van der Waals surface area (Å²) in [6.45, 7) is 5.52. The number of ether oxygens (including phenoxy) is 3. The molecule has 26 heavy (non-hydrogen) atoms. The monoisotopic (exact) mass is 383 g/mol. The Labute approximate surface area is 154 Å². The van der Waals surface area contributed by atoms with Crippen molar-refractivity contribution in [2.45, 2.75) is 30.3 Å². The highest BCUT2D eigenvalue weighted by Gasteiger charge is 2.32. The maximum absolute atomic E-state index is 13.0. The molecule has 0 unspecified atom stereocenters. The summed E-state index contributed by atoms with van der Waals surface area (Å²) >= 11 is 0. The van der Waals surface area contributed by atoms with E-state index < -0.39 is 10.0 Å². The molecule has 144 valence electrons. The molecule has 3 heterocycles. The minimum Gasteiger partial charge on any atom is -0.486 e. The Bertz CT molecular complexity index is 725. The van der Waals surface area contributed by atoms with Gasteiger partial charge in [0.05, 0.1) is 31.1 Å². The lowest BCUT2D eigenvalue weighted by Crippen LogP contribution is -3.15. The molecule has 0 saturated carbocycles. The van der Waals surface area contributed by atoms with Crippen molar-refractivity contribution in [2.24, 2.45) is 0 Å². The molecule has 3 aliphatic heterocycles. The molecule has 3 aliphatic rings. The van der Waals surface area contributed by atoms with Gasteiger partial charge < -0.3 is 19.1 Å². The molecular weight excluding hydrogens is 356 g/mol. The molecule has 7 nitrogen and oxygen atoms in total. The van der Waals surface area contributed by atoms with Crippen molar-refractivity contribution in [3.63, 3.8) is 0 Å². The van der Waals surface area contributed by atoms with Crippen LogP contribution in [0, 0.1) is 0 Å². The standard InChI is InChI=1S/C18H26N2O5S/c21-26(22,16-4-5-17-18(13-16)25-12-11-24-17)20-8-6-19(7-9-20)14-15-3-1-2-10-23-15/h4-5,13,15H,1-3,6-12,14H2/p+1/t15-/m0/s1. The molecule has 1 aromatic rings. The van der Waals surface area contributed by atoms with Gasteiger partial charge in [0.15, 0.2) is 11.5 Å². The first-order valence-corrected chi connectivity index (χ1v) is 10.9. The van der Waals surface area contributed by atoms with Gasteiger partial charge in [0.1, 0.15) is 25.9 Å². The SMILES string of the molecule is O=S(=O)(c1ccc2c(c1)OCCO2)N1CC[NH+](C[C@@H]2CCCCO2)CC1. The predicted molar refractivity (Wildman–Crippen MR) is 95.3 cm³/mol. The molecule has 0 aliphatic carbocycles. The molecule has 1 N–H and O–H groups in total. The van der Waals surface area contributed by atoms with Crippen molar-refractivity contribution >= 4 is 10.0 Å². The summed E-state index contributed by atoms with van der Waals surface area (Å²) in [6.07, 6.45) is 3.86. The molecule has 1 aromatic carbocycles. The van der Waals surface area contributed by atoms with E-state index >= 15 is 0 Å². The normalized spacial score (nSPS) is 25.2. The third-order valence-corrected chi connectivity index (χ3v) is 7.27. The van der Waals surface area contributed by atoms with Crippen LogP contribution in [0.5, 0.6) is 11.5 Å². The number of fused-ring (bicyclic) bond motifs is 1. The highest BCUT2D eigenvalue weighted by atomic mass is 32.2. The molecule has 0 aromatic heterocycles. The van der Waals surface area contributed by atoms with E-state index in [1.807, 2.05) is 0 Å². The first kappa shape index (κ1) is 18.0. The van der Waals surface area contributed by atoms with E-state index in [-0.39, 0.29) is 4.90 Å². The number of hydrogen-bond donors (Lipinski definition) is 1. The highest BCUT2D eigenvalue weighted by molar-refractivity contribution is 7.89. The zero-order chi connectivity index (χ0) is 18.0. The molecule has 0 bridgehead atoms. The van der Waals surface area contributed by atoms with Gasteiger partial charge in [-0.1, -0.05) is 0 Å². The van der Waals surface area contributed by atoms with Gasteiger partial charge in [-0.25, -0.2) is 8.42 Å². The number of piperazine rings is 1. The van der Waals surface area contributed by atoms with Crippen LogP contribution < -0.4 is 14.4 Å². The minimum absolute atomic E-state index is 0.279. The summed E-state index contributed by atoms with van der Waals surface area (Å²) in [7, 11) is -3.50. The average molecular weight is 383 g/mol.